The fourth-order valence-corrected chi connectivity index (χ4v) is 0.946. The molecule has 2 N–H and O–H groups in total. The van der Waals surface area contributed by atoms with E-state index < -0.39 is 0 Å². The third kappa shape index (κ3) is 8.05. The molecule has 0 aliphatic carbocycles. The highest BCUT2D eigenvalue weighted by Crippen LogP contribution is 1.90. The lowest BCUT2D eigenvalue weighted by Crippen LogP contribution is -2.15. The molecule has 0 amide bonds. The van der Waals surface area contributed by atoms with Crippen molar-refractivity contribution in [1.82, 2.24) is 5.32 Å². The average Bonchev–Trinajstić information content (AvgIpc) is 2.10. The molecule has 0 saturated heterocycles. The molecule has 0 bridgehead atoms. The van der Waals surface area contributed by atoms with Gasteiger partial charge in [-0.05, 0) is 26.3 Å². The number of halogens is 1. The summed E-state index contributed by atoms with van der Waals surface area (Å²) in [7, 11) is 0. The zero-order valence-corrected chi connectivity index (χ0v) is 8.40. The molecule has 0 radical (unpaired) electrons. The van der Waals surface area contributed by atoms with Crippen LogP contribution < -0.4 is 5.32 Å². The van der Waals surface area contributed by atoms with Gasteiger partial charge < -0.3 is 10.4 Å². The molecular formula is C9H18ClNO. The second-order valence-electron chi connectivity index (χ2n) is 2.81. The van der Waals surface area contributed by atoms with Crippen molar-refractivity contribution in [2.75, 3.05) is 25.6 Å². The van der Waals surface area contributed by atoms with Crippen LogP contribution in [0.1, 0.15) is 19.8 Å². The van der Waals surface area contributed by atoms with Crippen LogP contribution in [0.25, 0.3) is 0 Å². The Labute approximate surface area is 79.6 Å². The van der Waals surface area contributed by atoms with E-state index >= 15 is 0 Å². The Morgan fingerprint density at radius 3 is 2.83 bits per heavy atom. The maximum absolute atomic E-state index is 8.66. The molecule has 0 aliphatic heterocycles. The van der Waals surface area contributed by atoms with Crippen LogP contribution in [0.4, 0.5) is 0 Å². The highest BCUT2D eigenvalue weighted by atomic mass is 35.5. The Morgan fingerprint density at radius 2 is 2.25 bits per heavy atom. The summed E-state index contributed by atoms with van der Waals surface area (Å²) < 4.78 is 0. The molecule has 0 aliphatic rings. The molecule has 0 aromatic heterocycles. The molecular weight excluding hydrogens is 174 g/mol. The first-order chi connectivity index (χ1) is 5.81. The summed E-state index contributed by atoms with van der Waals surface area (Å²) in [5.74, 6) is 0.743. The Kier molecular flexibility index (Phi) is 9.00. The molecule has 72 valence electrons. The van der Waals surface area contributed by atoms with E-state index in [0.29, 0.717) is 0 Å². The van der Waals surface area contributed by atoms with E-state index in [-0.39, 0.29) is 6.61 Å². The number of aliphatic hydroxyl groups is 1. The highest BCUT2D eigenvalue weighted by Gasteiger charge is 1.86. The van der Waals surface area contributed by atoms with E-state index in [1.54, 1.807) is 0 Å². The Bertz CT molecular complexity index is 126. The maximum Gasteiger partial charge on any atom is 0.0639 e. The fourth-order valence-electron chi connectivity index (χ4n) is 0.758. The van der Waals surface area contributed by atoms with E-state index in [2.05, 4.69) is 5.32 Å². The fraction of sp³-hybridized carbons (Fsp3) is 0.778. The van der Waals surface area contributed by atoms with Crippen LogP contribution in [0.2, 0.25) is 0 Å². The number of unbranched alkanes of at least 4 members (excludes halogenated alkanes) is 1. The molecule has 0 rings (SSSR count). The van der Waals surface area contributed by atoms with Gasteiger partial charge in [0.25, 0.3) is 0 Å². The number of nitrogens with one attached hydrogen (secondary N) is 1. The zero-order valence-electron chi connectivity index (χ0n) is 7.65. The first-order valence-corrected chi connectivity index (χ1v) is 4.88. The molecule has 0 fully saturated rings. The predicted molar refractivity (Wildman–Crippen MR) is 53.7 cm³/mol. The molecule has 0 aromatic carbocycles. The summed E-state index contributed by atoms with van der Waals surface area (Å²) in [5.41, 5.74) is 1.01. The minimum atomic E-state index is 0.156. The third-order valence-corrected chi connectivity index (χ3v) is 1.85. The molecule has 0 heterocycles. The van der Waals surface area contributed by atoms with Crippen molar-refractivity contribution in [3.05, 3.63) is 11.6 Å². The second kappa shape index (κ2) is 9.04. The van der Waals surface area contributed by atoms with Gasteiger partial charge in [-0.3, -0.25) is 0 Å². The van der Waals surface area contributed by atoms with Gasteiger partial charge >= 0.3 is 0 Å². The van der Waals surface area contributed by atoms with Crippen LogP contribution in [0.15, 0.2) is 11.6 Å². The number of aliphatic hydroxyl groups excluding tert-OH is 1. The molecule has 0 unspecified atom stereocenters. The zero-order chi connectivity index (χ0) is 9.23. The second-order valence-corrected chi connectivity index (χ2v) is 3.19. The topological polar surface area (TPSA) is 32.3 Å². The van der Waals surface area contributed by atoms with E-state index in [4.69, 9.17) is 16.7 Å². The summed E-state index contributed by atoms with van der Waals surface area (Å²) in [6.07, 6.45) is 4.19. The van der Waals surface area contributed by atoms with Crippen LogP contribution in [0.5, 0.6) is 0 Å². The van der Waals surface area contributed by atoms with Crippen molar-refractivity contribution in [2.45, 2.75) is 19.8 Å². The summed E-state index contributed by atoms with van der Waals surface area (Å²) >= 11 is 5.51. The van der Waals surface area contributed by atoms with E-state index in [1.807, 2.05) is 13.0 Å². The SMILES string of the molecule is C/C(=C/CNCCCCCl)CO. The van der Waals surface area contributed by atoms with Crippen LogP contribution in [0, 0.1) is 0 Å². The van der Waals surface area contributed by atoms with Gasteiger partial charge in [-0.1, -0.05) is 11.6 Å². The maximum atomic E-state index is 8.66. The molecule has 2 nitrogen and oxygen atoms in total. The van der Waals surface area contributed by atoms with Crippen molar-refractivity contribution in [3.8, 4) is 0 Å². The quantitative estimate of drug-likeness (QED) is 0.364. The number of hydrogen-bond donors (Lipinski definition) is 2. The standard InChI is InChI=1S/C9H18ClNO/c1-9(8-12)4-7-11-6-3-2-5-10/h4,11-12H,2-3,5-8H2,1H3/b9-4-. The highest BCUT2D eigenvalue weighted by molar-refractivity contribution is 6.17. The summed E-state index contributed by atoms with van der Waals surface area (Å²) in [6.45, 7) is 3.92. The lowest BCUT2D eigenvalue weighted by molar-refractivity contribution is 0.331. The predicted octanol–water partition coefficient (Wildman–Crippen LogP) is 1.53. The minimum absolute atomic E-state index is 0.156. The van der Waals surface area contributed by atoms with Gasteiger partial charge in [-0.2, -0.15) is 0 Å². The van der Waals surface area contributed by atoms with Crippen molar-refractivity contribution in [3.63, 3.8) is 0 Å². The first-order valence-electron chi connectivity index (χ1n) is 4.34. The van der Waals surface area contributed by atoms with Crippen molar-refractivity contribution >= 4 is 11.6 Å². The Balaban J connectivity index is 3.10. The van der Waals surface area contributed by atoms with Gasteiger partial charge in [-0.15, -0.1) is 11.6 Å². The lowest BCUT2D eigenvalue weighted by atomic mass is 10.3. The molecule has 0 atom stereocenters. The van der Waals surface area contributed by atoms with Crippen molar-refractivity contribution in [1.29, 1.82) is 0 Å². The van der Waals surface area contributed by atoms with Gasteiger partial charge in [0.05, 0.1) is 6.61 Å². The van der Waals surface area contributed by atoms with E-state index in [1.165, 1.54) is 0 Å². The molecule has 0 aromatic rings. The van der Waals surface area contributed by atoms with Crippen LogP contribution in [-0.4, -0.2) is 30.7 Å². The largest absolute Gasteiger partial charge is 0.392 e. The summed E-state index contributed by atoms with van der Waals surface area (Å²) in [4.78, 5) is 0. The lowest BCUT2D eigenvalue weighted by Gasteiger charge is -2.00. The molecule has 0 saturated carbocycles. The summed E-state index contributed by atoms with van der Waals surface area (Å²) in [6, 6.07) is 0. The van der Waals surface area contributed by atoms with Gasteiger partial charge in [0.15, 0.2) is 0 Å². The number of hydrogen-bond acceptors (Lipinski definition) is 2. The minimum Gasteiger partial charge on any atom is -0.392 e. The van der Waals surface area contributed by atoms with Gasteiger partial charge in [0.1, 0.15) is 0 Å². The Hall–Kier alpha value is -0.0500. The average molecular weight is 192 g/mol. The molecule has 0 spiro atoms. The third-order valence-electron chi connectivity index (χ3n) is 1.58. The smallest absolute Gasteiger partial charge is 0.0639 e. The van der Waals surface area contributed by atoms with Gasteiger partial charge in [0.2, 0.25) is 0 Å². The van der Waals surface area contributed by atoms with Crippen LogP contribution in [-0.2, 0) is 0 Å². The summed E-state index contributed by atoms with van der Waals surface area (Å²) in [5, 5.41) is 11.9. The van der Waals surface area contributed by atoms with E-state index in [9.17, 15) is 0 Å². The normalized spacial score (nSPS) is 12.1. The molecule has 3 heteroatoms. The van der Waals surface area contributed by atoms with E-state index in [0.717, 1.165) is 37.4 Å². The Morgan fingerprint density at radius 1 is 1.50 bits per heavy atom. The first kappa shape index (κ1) is 11.9. The monoisotopic (exact) mass is 191 g/mol. The van der Waals surface area contributed by atoms with Crippen molar-refractivity contribution in [2.24, 2.45) is 0 Å². The molecule has 12 heavy (non-hydrogen) atoms. The number of rotatable bonds is 7. The van der Waals surface area contributed by atoms with Crippen molar-refractivity contribution < 1.29 is 5.11 Å². The van der Waals surface area contributed by atoms with Gasteiger partial charge in [-0.25, -0.2) is 0 Å². The van der Waals surface area contributed by atoms with Crippen LogP contribution >= 0.6 is 11.6 Å². The van der Waals surface area contributed by atoms with Gasteiger partial charge in [0, 0.05) is 12.4 Å². The van der Waals surface area contributed by atoms with Crippen LogP contribution in [0.3, 0.4) is 0 Å². The number of alkyl halides is 1.